The standard InChI is InChI=1S/C9H15BrO4/c1-6-7(2)13-9(3,5-12-6)14-8(11)4-10/h6-7H,4-5H2,1-3H3. The number of alkyl halides is 1. The van der Waals surface area contributed by atoms with E-state index in [1.807, 2.05) is 13.8 Å². The molecule has 4 nitrogen and oxygen atoms in total. The van der Waals surface area contributed by atoms with Crippen LogP contribution < -0.4 is 0 Å². The Labute approximate surface area is 92.0 Å². The number of carbonyl (C=O) groups is 1. The second kappa shape index (κ2) is 4.59. The maximum Gasteiger partial charge on any atom is 0.319 e. The van der Waals surface area contributed by atoms with Crippen LogP contribution in [0.1, 0.15) is 20.8 Å². The van der Waals surface area contributed by atoms with Crippen molar-refractivity contribution in [1.82, 2.24) is 0 Å². The van der Waals surface area contributed by atoms with Gasteiger partial charge >= 0.3 is 5.97 Å². The van der Waals surface area contributed by atoms with Crippen molar-refractivity contribution in [3.8, 4) is 0 Å². The number of hydrogen-bond acceptors (Lipinski definition) is 4. The Kier molecular flexibility index (Phi) is 3.92. The van der Waals surface area contributed by atoms with Crippen LogP contribution in [0.4, 0.5) is 0 Å². The third kappa shape index (κ3) is 2.93. The van der Waals surface area contributed by atoms with Gasteiger partial charge in [0.2, 0.25) is 5.79 Å². The lowest BCUT2D eigenvalue weighted by Crippen LogP contribution is -2.50. The molecule has 0 aromatic carbocycles. The van der Waals surface area contributed by atoms with Gasteiger partial charge in [-0.3, -0.25) is 4.79 Å². The van der Waals surface area contributed by atoms with Crippen molar-refractivity contribution < 1.29 is 19.0 Å². The molecular weight excluding hydrogens is 252 g/mol. The average Bonchev–Trinajstić information content (AvgIpc) is 2.12. The van der Waals surface area contributed by atoms with Gasteiger partial charge < -0.3 is 14.2 Å². The first-order valence-electron chi connectivity index (χ1n) is 4.54. The molecule has 1 rings (SSSR count). The van der Waals surface area contributed by atoms with Gasteiger partial charge in [-0.2, -0.15) is 0 Å². The van der Waals surface area contributed by atoms with Crippen molar-refractivity contribution in [2.24, 2.45) is 0 Å². The van der Waals surface area contributed by atoms with Crippen LogP contribution in [0.5, 0.6) is 0 Å². The molecule has 3 unspecified atom stereocenters. The number of esters is 1. The monoisotopic (exact) mass is 266 g/mol. The minimum absolute atomic E-state index is 0.0331. The average molecular weight is 267 g/mol. The highest BCUT2D eigenvalue weighted by Gasteiger charge is 2.38. The second-order valence-electron chi connectivity index (χ2n) is 3.58. The fourth-order valence-electron chi connectivity index (χ4n) is 1.26. The molecule has 0 aliphatic carbocycles. The second-order valence-corrected chi connectivity index (χ2v) is 4.14. The van der Waals surface area contributed by atoms with Gasteiger partial charge in [0.1, 0.15) is 11.9 Å². The lowest BCUT2D eigenvalue weighted by Gasteiger charge is -2.39. The van der Waals surface area contributed by atoms with Crippen LogP contribution in [0.3, 0.4) is 0 Å². The molecule has 0 saturated carbocycles. The maximum absolute atomic E-state index is 11.1. The lowest BCUT2D eigenvalue weighted by atomic mass is 10.2. The predicted molar refractivity (Wildman–Crippen MR) is 54.3 cm³/mol. The van der Waals surface area contributed by atoms with Gasteiger partial charge in [-0.05, 0) is 13.8 Å². The molecule has 1 saturated heterocycles. The van der Waals surface area contributed by atoms with E-state index in [0.717, 1.165) is 0 Å². The molecule has 0 bridgehead atoms. The van der Waals surface area contributed by atoms with Crippen molar-refractivity contribution in [1.29, 1.82) is 0 Å². The number of halogens is 1. The first kappa shape index (κ1) is 11.9. The highest BCUT2D eigenvalue weighted by atomic mass is 79.9. The summed E-state index contributed by atoms with van der Waals surface area (Å²) in [6.07, 6.45) is -0.0392. The van der Waals surface area contributed by atoms with Crippen molar-refractivity contribution in [3.63, 3.8) is 0 Å². The molecule has 0 aromatic heterocycles. The smallest absolute Gasteiger partial charge is 0.319 e. The minimum atomic E-state index is -0.948. The SMILES string of the molecule is CC1OCC(C)(OC(=O)CBr)OC1C. The van der Waals surface area contributed by atoms with E-state index in [1.54, 1.807) is 6.92 Å². The molecule has 5 heteroatoms. The van der Waals surface area contributed by atoms with E-state index in [0.29, 0.717) is 0 Å². The van der Waals surface area contributed by atoms with Crippen LogP contribution in [0.15, 0.2) is 0 Å². The van der Waals surface area contributed by atoms with E-state index in [2.05, 4.69) is 15.9 Å². The van der Waals surface area contributed by atoms with E-state index in [1.165, 1.54) is 0 Å². The zero-order valence-electron chi connectivity index (χ0n) is 8.58. The summed E-state index contributed by atoms with van der Waals surface area (Å²) in [6.45, 7) is 5.80. The molecule has 0 amide bonds. The Balaban J connectivity index is 2.54. The molecule has 3 atom stereocenters. The Morgan fingerprint density at radius 2 is 2.21 bits per heavy atom. The molecule has 1 fully saturated rings. The summed E-state index contributed by atoms with van der Waals surface area (Å²) >= 11 is 3.02. The van der Waals surface area contributed by atoms with Crippen LogP contribution >= 0.6 is 15.9 Å². The highest BCUT2D eigenvalue weighted by Crippen LogP contribution is 2.24. The lowest BCUT2D eigenvalue weighted by molar-refractivity contribution is -0.307. The summed E-state index contributed by atoms with van der Waals surface area (Å²) in [5, 5.41) is 0.163. The molecule has 1 aliphatic rings. The minimum Gasteiger partial charge on any atom is -0.430 e. The summed E-state index contributed by atoms with van der Waals surface area (Å²) in [4.78, 5) is 11.1. The predicted octanol–water partition coefficient (Wildman–Crippen LogP) is 1.46. The highest BCUT2D eigenvalue weighted by molar-refractivity contribution is 9.09. The number of hydrogen-bond donors (Lipinski definition) is 0. The molecule has 0 aromatic rings. The van der Waals surface area contributed by atoms with Crippen LogP contribution in [-0.2, 0) is 19.0 Å². The summed E-state index contributed by atoms with van der Waals surface area (Å²) < 4.78 is 16.1. The normalized spacial score (nSPS) is 38.0. The number of ether oxygens (including phenoxy) is 3. The van der Waals surface area contributed by atoms with Gasteiger partial charge in [0.25, 0.3) is 0 Å². The fourth-order valence-corrected chi connectivity index (χ4v) is 1.38. The Bertz CT molecular complexity index is 221. The van der Waals surface area contributed by atoms with Gasteiger partial charge in [0, 0.05) is 6.92 Å². The van der Waals surface area contributed by atoms with Crippen LogP contribution in [-0.4, -0.2) is 35.9 Å². The molecule has 0 radical (unpaired) electrons. The quantitative estimate of drug-likeness (QED) is 0.561. The maximum atomic E-state index is 11.1. The van der Waals surface area contributed by atoms with Gasteiger partial charge in [-0.1, -0.05) is 15.9 Å². The van der Waals surface area contributed by atoms with E-state index in [-0.39, 0.29) is 30.1 Å². The van der Waals surface area contributed by atoms with E-state index in [9.17, 15) is 4.79 Å². The van der Waals surface area contributed by atoms with Crippen molar-refractivity contribution in [3.05, 3.63) is 0 Å². The van der Waals surface area contributed by atoms with E-state index in [4.69, 9.17) is 14.2 Å². The topological polar surface area (TPSA) is 44.8 Å². The van der Waals surface area contributed by atoms with Crippen molar-refractivity contribution in [2.45, 2.75) is 38.8 Å². The van der Waals surface area contributed by atoms with E-state index >= 15 is 0 Å². The molecule has 1 aliphatic heterocycles. The van der Waals surface area contributed by atoms with Crippen molar-refractivity contribution >= 4 is 21.9 Å². The third-order valence-corrected chi connectivity index (χ3v) is 2.60. The Morgan fingerprint density at radius 1 is 1.57 bits per heavy atom. The summed E-state index contributed by atoms with van der Waals surface area (Å²) in [5.74, 6) is -1.30. The van der Waals surface area contributed by atoms with Gasteiger partial charge in [0.15, 0.2) is 0 Å². The fraction of sp³-hybridized carbons (Fsp3) is 0.889. The third-order valence-electron chi connectivity index (χ3n) is 2.14. The van der Waals surface area contributed by atoms with Crippen LogP contribution in [0.25, 0.3) is 0 Å². The van der Waals surface area contributed by atoms with Gasteiger partial charge in [-0.25, -0.2) is 0 Å². The van der Waals surface area contributed by atoms with Crippen LogP contribution in [0, 0.1) is 0 Å². The zero-order chi connectivity index (χ0) is 10.8. The molecule has 1 heterocycles. The van der Waals surface area contributed by atoms with Gasteiger partial charge in [-0.15, -0.1) is 0 Å². The molecule has 0 spiro atoms. The van der Waals surface area contributed by atoms with Gasteiger partial charge in [0.05, 0.1) is 12.2 Å². The largest absolute Gasteiger partial charge is 0.430 e. The Hall–Kier alpha value is -0.130. The van der Waals surface area contributed by atoms with Crippen molar-refractivity contribution in [2.75, 3.05) is 11.9 Å². The first-order chi connectivity index (χ1) is 6.47. The molecule has 14 heavy (non-hydrogen) atoms. The Morgan fingerprint density at radius 3 is 2.71 bits per heavy atom. The summed E-state index contributed by atoms with van der Waals surface area (Å²) in [5.41, 5.74) is 0. The van der Waals surface area contributed by atoms with Crippen LogP contribution in [0.2, 0.25) is 0 Å². The number of carbonyl (C=O) groups excluding carboxylic acids is 1. The zero-order valence-corrected chi connectivity index (χ0v) is 10.2. The molecule has 0 N–H and O–H groups in total. The van der Waals surface area contributed by atoms with E-state index < -0.39 is 5.79 Å². The first-order valence-corrected chi connectivity index (χ1v) is 5.66. The summed E-state index contributed by atoms with van der Waals surface area (Å²) in [6, 6.07) is 0. The molecule has 82 valence electrons. The number of rotatable bonds is 2. The molecular formula is C9H15BrO4. The summed E-state index contributed by atoms with van der Waals surface area (Å²) in [7, 11) is 0.